The van der Waals surface area contributed by atoms with E-state index in [2.05, 4.69) is 5.32 Å². The Balaban J connectivity index is 2.01. The Labute approximate surface area is 151 Å². The molecule has 0 saturated heterocycles. The number of hydrogen-bond donors (Lipinski definition) is 1. The minimum Gasteiger partial charge on any atom is -0.466 e. The van der Waals surface area contributed by atoms with Gasteiger partial charge in [0.05, 0.1) is 19.1 Å². The molecule has 2 rings (SSSR count). The number of esters is 1. The third kappa shape index (κ3) is 5.95. The molecule has 1 amide bonds. The number of carbonyl (C=O) groups is 2. The second-order valence-corrected chi connectivity index (χ2v) is 5.78. The highest BCUT2D eigenvalue weighted by molar-refractivity contribution is 5.78. The molecule has 0 aliphatic rings. The first-order chi connectivity index (χ1) is 12.5. The zero-order valence-corrected chi connectivity index (χ0v) is 14.5. The summed E-state index contributed by atoms with van der Waals surface area (Å²) in [4.78, 5) is 24.1. The van der Waals surface area contributed by atoms with E-state index >= 15 is 0 Å². The van der Waals surface area contributed by atoms with Crippen LogP contribution in [-0.2, 0) is 20.7 Å². The maximum Gasteiger partial charge on any atom is 0.308 e. The van der Waals surface area contributed by atoms with Gasteiger partial charge in [-0.2, -0.15) is 0 Å². The molecule has 26 heavy (non-hydrogen) atoms. The molecule has 1 N–H and O–H groups in total. The van der Waals surface area contributed by atoms with Crippen molar-refractivity contribution in [1.29, 1.82) is 0 Å². The van der Waals surface area contributed by atoms with Crippen LogP contribution in [0.5, 0.6) is 0 Å². The van der Waals surface area contributed by atoms with Crippen molar-refractivity contribution in [2.45, 2.75) is 32.2 Å². The van der Waals surface area contributed by atoms with Crippen molar-refractivity contribution in [2.24, 2.45) is 0 Å². The second-order valence-electron chi connectivity index (χ2n) is 5.78. The number of ether oxygens (including phenoxy) is 1. The number of benzene rings is 2. The number of halogens is 2. The van der Waals surface area contributed by atoms with Crippen LogP contribution in [0, 0.1) is 11.6 Å². The van der Waals surface area contributed by atoms with Gasteiger partial charge in [-0.1, -0.05) is 30.3 Å². The SMILES string of the molecule is CCOC(=O)CC(NC(=O)CCc1cc(F)ccc1F)c1ccccc1. The van der Waals surface area contributed by atoms with Gasteiger partial charge in [0.25, 0.3) is 0 Å². The summed E-state index contributed by atoms with van der Waals surface area (Å²) in [5, 5.41) is 2.77. The van der Waals surface area contributed by atoms with Crippen molar-refractivity contribution in [2.75, 3.05) is 6.61 Å². The fourth-order valence-corrected chi connectivity index (χ4v) is 2.57. The molecule has 0 fully saturated rings. The lowest BCUT2D eigenvalue weighted by molar-refractivity contribution is -0.143. The standard InChI is InChI=1S/C20H21F2NO3/c1-2-26-20(25)13-18(14-6-4-3-5-7-14)23-19(24)11-8-15-12-16(21)9-10-17(15)22/h3-7,9-10,12,18H,2,8,11,13H2,1H3,(H,23,24). The van der Waals surface area contributed by atoms with Gasteiger partial charge >= 0.3 is 5.97 Å². The Morgan fingerprint density at radius 3 is 2.54 bits per heavy atom. The van der Waals surface area contributed by atoms with Crippen LogP contribution in [0.25, 0.3) is 0 Å². The average molecular weight is 361 g/mol. The monoisotopic (exact) mass is 361 g/mol. The van der Waals surface area contributed by atoms with E-state index in [9.17, 15) is 18.4 Å². The maximum absolute atomic E-state index is 13.6. The largest absolute Gasteiger partial charge is 0.466 e. The second kappa shape index (κ2) is 9.65. The van der Waals surface area contributed by atoms with E-state index in [1.807, 2.05) is 18.2 Å². The quantitative estimate of drug-likeness (QED) is 0.730. The summed E-state index contributed by atoms with van der Waals surface area (Å²) in [6.07, 6.45) is 0.0425. The van der Waals surface area contributed by atoms with E-state index in [-0.39, 0.29) is 37.3 Å². The van der Waals surface area contributed by atoms with Crippen LogP contribution in [0.3, 0.4) is 0 Å². The predicted molar refractivity (Wildman–Crippen MR) is 93.3 cm³/mol. The van der Waals surface area contributed by atoms with Crippen molar-refractivity contribution in [1.82, 2.24) is 5.32 Å². The van der Waals surface area contributed by atoms with Crippen molar-refractivity contribution >= 4 is 11.9 Å². The van der Waals surface area contributed by atoms with Gasteiger partial charge < -0.3 is 10.1 Å². The number of amides is 1. The Bertz CT molecular complexity index is 750. The van der Waals surface area contributed by atoms with Crippen LogP contribution in [-0.4, -0.2) is 18.5 Å². The van der Waals surface area contributed by atoms with Gasteiger partial charge in [-0.15, -0.1) is 0 Å². The van der Waals surface area contributed by atoms with Crippen LogP contribution in [0.2, 0.25) is 0 Å². The maximum atomic E-state index is 13.6. The highest BCUT2D eigenvalue weighted by Crippen LogP contribution is 2.18. The number of carbonyl (C=O) groups excluding carboxylic acids is 2. The summed E-state index contributed by atoms with van der Waals surface area (Å²) in [6.45, 7) is 1.97. The van der Waals surface area contributed by atoms with Gasteiger partial charge in [0.2, 0.25) is 5.91 Å². The molecule has 1 unspecified atom stereocenters. The third-order valence-electron chi connectivity index (χ3n) is 3.84. The average Bonchev–Trinajstić information content (AvgIpc) is 2.63. The zero-order chi connectivity index (χ0) is 18.9. The molecule has 0 aliphatic carbocycles. The minimum atomic E-state index is -0.551. The van der Waals surface area contributed by atoms with Crippen LogP contribution in [0.15, 0.2) is 48.5 Å². The molecule has 0 spiro atoms. The Hall–Kier alpha value is -2.76. The third-order valence-corrected chi connectivity index (χ3v) is 3.84. The van der Waals surface area contributed by atoms with Gasteiger partial charge in [-0.05, 0) is 42.7 Å². The van der Waals surface area contributed by atoms with Crippen molar-refractivity contribution < 1.29 is 23.1 Å². The number of nitrogens with one attached hydrogen (secondary N) is 1. The Morgan fingerprint density at radius 1 is 1.12 bits per heavy atom. The van der Waals surface area contributed by atoms with Gasteiger partial charge in [0, 0.05) is 6.42 Å². The van der Waals surface area contributed by atoms with E-state index in [4.69, 9.17) is 4.74 Å². The molecule has 2 aromatic carbocycles. The van der Waals surface area contributed by atoms with Crippen LogP contribution in [0.1, 0.15) is 36.9 Å². The number of rotatable bonds is 8. The van der Waals surface area contributed by atoms with Gasteiger partial charge in [-0.25, -0.2) is 8.78 Å². The van der Waals surface area contributed by atoms with Gasteiger partial charge in [-0.3, -0.25) is 9.59 Å². The molecular formula is C20H21F2NO3. The van der Waals surface area contributed by atoms with Gasteiger partial charge in [0.1, 0.15) is 11.6 Å². The molecule has 2 aromatic rings. The van der Waals surface area contributed by atoms with E-state index in [0.717, 1.165) is 23.8 Å². The molecule has 0 aliphatic heterocycles. The smallest absolute Gasteiger partial charge is 0.308 e. The Kier molecular flexibility index (Phi) is 7.26. The zero-order valence-electron chi connectivity index (χ0n) is 14.5. The minimum absolute atomic E-state index is 0.00206. The lowest BCUT2D eigenvalue weighted by atomic mass is 10.0. The van der Waals surface area contributed by atoms with Crippen LogP contribution >= 0.6 is 0 Å². The summed E-state index contributed by atoms with van der Waals surface area (Å²) in [7, 11) is 0. The highest BCUT2D eigenvalue weighted by Gasteiger charge is 2.19. The predicted octanol–water partition coefficient (Wildman–Crippen LogP) is 3.71. The molecule has 138 valence electrons. The molecule has 6 heteroatoms. The molecular weight excluding hydrogens is 340 g/mol. The first-order valence-electron chi connectivity index (χ1n) is 8.43. The van der Waals surface area contributed by atoms with Crippen molar-refractivity contribution in [3.63, 3.8) is 0 Å². The fraction of sp³-hybridized carbons (Fsp3) is 0.300. The summed E-state index contributed by atoms with van der Waals surface area (Å²) < 4.78 is 31.8. The van der Waals surface area contributed by atoms with Gasteiger partial charge in [0.15, 0.2) is 0 Å². The van der Waals surface area contributed by atoms with E-state index in [1.165, 1.54) is 0 Å². The summed E-state index contributed by atoms with van der Waals surface area (Å²) in [5.74, 6) is -1.87. The molecule has 0 heterocycles. The van der Waals surface area contributed by atoms with Crippen LogP contribution < -0.4 is 5.32 Å². The summed E-state index contributed by atoms with van der Waals surface area (Å²) >= 11 is 0. The molecule has 0 aromatic heterocycles. The first kappa shape index (κ1) is 19.6. The number of hydrogen-bond acceptors (Lipinski definition) is 3. The first-order valence-corrected chi connectivity index (χ1v) is 8.43. The van der Waals surface area contributed by atoms with Crippen molar-refractivity contribution in [3.05, 3.63) is 71.3 Å². The van der Waals surface area contributed by atoms with Crippen LogP contribution in [0.4, 0.5) is 8.78 Å². The summed E-state index contributed by atoms with van der Waals surface area (Å²) in [5.41, 5.74) is 0.910. The van der Waals surface area contributed by atoms with Crippen molar-refractivity contribution in [3.8, 4) is 0 Å². The lowest BCUT2D eigenvalue weighted by Crippen LogP contribution is -2.30. The topological polar surface area (TPSA) is 55.4 Å². The van der Waals surface area contributed by atoms with E-state index in [1.54, 1.807) is 19.1 Å². The number of aryl methyl sites for hydroxylation is 1. The molecule has 0 saturated carbocycles. The fourth-order valence-electron chi connectivity index (χ4n) is 2.57. The Morgan fingerprint density at radius 2 is 1.85 bits per heavy atom. The molecule has 0 bridgehead atoms. The van der Waals surface area contributed by atoms with E-state index < -0.39 is 23.6 Å². The lowest BCUT2D eigenvalue weighted by Gasteiger charge is -2.18. The molecule has 4 nitrogen and oxygen atoms in total. The molecule has 1 atom stereocenters. The molecule has 0 radical (unpaired) electrons. The normalized spacial score (nSPS) is 11.7. The van der Waals surface area contributed by atoms with E-state index in [0.29, 0.717) is 0 Å². The highest BCUT2D eigenvalue weighted by atomic mass is 19.1. The summed E-state index contributed by atoms with van der Waals surface area (Å²) in [6, 6.07) is 11.7.